The van der Waals surface area contributed by atoms with E-state index in [2.05, 4.69) is 36.5 Å². The van der Waals surface area contributed by atoms with Gasteiger partial charge >= 0.3 is 0 Å². The van der Waals surface area contributed by atoms with Crippen LogP contribution in [0.2, 0.25) is 0 Å². The lowest BCUT2D eigenvalue weighted by Gasteiger charge is -2.07. The van der Waals surface area contributed by atoms with Gasteiger partial charge < -0.3 is 9.55 Å². The quantitative estimate of drug-likeness (QED) is 0.735. The van der Waals surface area contributed by atoms with E-state index in [9.17, 15) is 4.79 Å². The molecule has 3 nitrogen and oxygen atoms in total. The summed E-state index contributed by atoms with van der Waals surface area (Å²) in [5.41, 5.74) is 2.08. The molecule has 0 fully saturated rings. The van der Waals surface area contributed by atoms with E-state index in [1.165, 1.54) is 5.56 Å². The highest BCUT2D eigenvalue weighted by Crippen LogP contribution is 2.20. The lowest BCUT2D eigenvalue weighted by atomic mass is 10.2. The van der Waals surface area contributed by atoms with Gasteiger partial charge in [0.15, 0.2) is 0 Å². The Bertz CT molecular complexity index is 520. The Morgan fingerprint density at radius 2 is 2.07 bits per heavy atom. The Morgan fingerprint density at radius 1 is 1.36 bits per heavy atom. The molecule has 0 saturated heterocycles. The molecule has 14 heavy (non-hydrogen) atoms. The first kappa shape index (κ1) is 9.06. The molecule has 0 bridgehead atoms. The van der Waals surface area contributed by atoms with Gasteiger partial charge in [0.1, 0.15) is 5.65 Å². The van der Waals surface area contributed by atoms with Gasteiger partial charge in [0.25, 0.3) is 0 Å². The minimum atomic E-state index is -0.0440. The van der Waals surface area contributed by atoms with Crippen LogP contribution in [0.5, 0.6) is 0 Å². The van der Waals surface area contributed by atoms with E-state index in [1.807, 2.05) is 6.07 Å². The third kappa shape index (κ3) is 1.25. The minimum absolute atomic E-state index is 0.0440. The zero-order chi connectivity index (χ0) is 10.3. The third-order valence-electron chi connectivity index (χ3n) is 2.47. The summed E-state index contributed by atoms with van der Waals surface area (Å²) in [6.45, 7) is 6.26. The molecule has 0 amide bonds. The Kier molecular flexibility index (Phi) is 1.95. The summed E-state index contributed by atoms with van der Waals surface area (Å²) in [6, 6.07) is 3.81. The fourth-order valence-corrected chi connectivity index (χ4v) is 1.74. The molecule has 0 aliphatic rings. The number of hydrogen-bond acceptors (Lipinski definition) is 1. The maximum absolute atomic E-state index is 11.2. The molecular weight excluding hydrogens is 176 g/mol. The molecule has 2 heterocycles. The molecule has 2 aromatic rings. The number of aryl methyl sites for hydroxylation is 1. The highest BCUT2D eigenvalue weighted by molar-refractivity contribution is 5.80. The fraction of sp³-hybridized carbons (Fsp3) is 0.364. The summed E-state index contributed by atoms with van der Waals surface area (Å²) in [7, 11) is 0. The van der Waals surface area contributed by atoms with E-state index in [0.29, 0.717) is 6.04 Å². The van der Waals surface area contributed by atoms with Crippen molar-refractivity contribution >= 4 is 11.0 Å². The molecule has 1 N–H and O–H groups in total. The number of pyridine rings is 1. The lowest BCUT2D eigenvalue weighted by molar-refractivity contribution is 0.616. The van der Waals surface area contributed by atoms with Crippen LogP contribution in [0, 0.1) is 6.92 Å². The van der Waals surface area contributed by atoms with Gasteiger partial charge in [-0.05, 0) is 32.4 Å². The Hall–Kier alpha value is -1.51. The second-order valence-corrected chi connectivity index (χ2v) is 3.90. The molecule has 2 aromatic heterocycles. The maximum Gasteiger partial charge on any atom is 0.249 e. The van der Waals surface area contributed by atoms with Gasteiger partial charge in [0.2, 0.25) is 5.56 Å². The van der Waals surface area contributed by atoms with Gasteiger partial charge in [-0.2, -0.15) is 0 Å². The normalized spacial score (nSPS) is 11.4. The van der Waals surface area contributed by atoms with Crippen LogP contribution in [0.1, 0.15) is 25.5 Å². The SMILES string of the molecule is Cc1cn(C(C)C)c2[nH]c(=O)ccc12. The van der Waals surface area contributed by atoms with E-state index in [0.717, 1.165) is 11.0 Å². The predicted molar refractivity (Wildman–Crippen MR) is 57.7 cm³/mol. The first-order valence-corrected chi connectivity index (χ1v) is 4.80. The van der Waals surface area contributed by atoms with Crippen LogP contribution < -0.4 is 5.56 Å². The first-order chi connectivity index (χ1) is 6.59. The second kappa shape index (κ2) is 3.01. The van der Waals surface area contributed by atoms with Gasteiger partial charge in [0.05, 0.1) is 0 Å². The number of aromatic amines is 1. The number of rotatable bonds is 1. The van der Waals surface area contributed by atoms with E-state index in [4.69, 9.17) is 0 Å². The molecule has 0 radical (unpaired) electrons. The zero-order valence-corrected chi connectivity index (χ0v) is 8.66. The van der Waals surface area contributed by atoms with E-state index >= 15 is 0 Å². The van der Waals surface area contributed by atoms with Crippen LogP contribution in [-0.4, -0.2) is 9.55 Å². The monoisotopic (exact) mass is 190 g/mol. The molecule has 0 aliphatic carbocycles. The molecule has 3 heteroatoms. The van der Waals surface area contributed by atoms with Gasteiger partial charge in [-0.25, -0.2) is 0 Å². The average molecular weight is 190 g/mol. The number of nitrogens with one attached hydrogen (secondary N) is 1. The van der Waals surface area contributed by atoms with Crippen molar-refractivity contribution in [2.45, 2.75) is 26.8 Å². The van der Waals surface area contributed by atoms with Crippen molar-refractivity contribution in [2.24, 2.45) is 0 Å². The van der Waals surface area contributed by atoms with E-state index in [1.54, 1.807) is 6.07 Å². The number of H-pyrrole nitrogens is 1. The lowest BCUT2D eigenvalue weighted by Crippen LogP contribution is -2.07. The Labute approximate surface area is 82.4 Å². The smallest absolute Gasteiger partial charge is 0.249 e. The van der Waals surface area contributed by atoms with Crippen molar-refractivity contribution in [3.8, 4) is 0 Å². The minimum Gasteiger partial charge on any atom is -0.331 e. The fourth-order valence-electron chi connectivity index (χ4n) is 1.74. The average Bonchev–Trinajstić information content (AvgIpc) is 2.43. The van der Waals surface area contributed by atoms with Crippen LogP contribution in [-0.2, 0) is 0 Å². The van der Waals surface area contributed by atoms with Crippen molar-refractivity contribution in [2.75, 3.05) is 0 Å². The molecule has 74 valence electrons. The van der Waals surface area contributed by atoms with Crippen LogP contribution in [0.4, 0.5) is 0 Å². The summed E-state index contributed by atoms with van der Waals surface area (Å²) in [4.78, 5) is 14.1. The van der Waals surface area contributed by atoms with Crippen LogP contribution >= 0.6 is 0 Å². The summed E-state index contributed by atoms with van der Waals surface area (Å²) in [6.07, 6.45) is 2.07. The number of aromatic nitrogens is 2. The Morgan fingerprint density at radius 3 is 2.71 bits per heavy atom. The van der Waals surface area contributed by atoms with Crippen LogP contribution in [0.25, 0.3) is 11.0 Å². The van der Waals surface area contributed by atoms with Crippen molar-refractivity contribution in [1.82, 2.24) is 9.55 Å². The highest BCUT2D eigenvalue weighted by Gasteiger charge is 2.07. The summed E-state index contributed by atoms with van der Waals surface area (Å²) in [5, 5.41) is 1.12. The standard InChI is InChI=1S/C11H14N2O/c1-7(2)13-6-8(3)9-4-5-10(14)12-11(9)13/h4-7H,1-3H3,(H,12,14). The predicted octanol–water partition coefficient (Wildman–Crippen LogP) is 2.22. The van der Waals surface area contributed by atoms with Gasteiger partial charge in [-0.15, -0.1) is 0 Å². The van der Waals surface area contributed by atoms with E-state index in [-0.39, 0.29) is 5.56 Å². The van der Waals surface area contributed by atoms with Crippen LogP contribution in [0.15, 0.2) is 23.1 Å². The molecule has 0 aliphatic heterocycles. The zero-order valence-electron chi connectivity index (χ0n) is 8.66. The highest BCUT2D eigenvalue weighted by atomic mass is 16.1. The number of hydrogen-bond donors (Lipinski definition) is 1. The number of nitrogens with zero attached hydrogens (tertiary/aromatic N) is 1. The van der Waals surface area contributed by atoms with Crippen molar-refractivity contribution in [1.29, 1.82) is 0 Å². The van der Waals surface area contributed by atoms with Gasteiger partial charge in [-0.3, -0.25) is 4.79 Å². The van der Waals surface area contributed by atoms with Crippen molar-refractivity contribution in [3.63, 3.8) is 0 Å². The molecule has 0 unspecified atom stereocenters. The number of fused-ring (bicyclic) bond motifs is 1. The van der Waals surface area contributed by atoms with E-state index < -0.39 is 0 Å². The van der Waals surface area contributed by atoms with Crippen molar-refractivity contribution in [3.05, 3.63) is 34.2 Å². The topological polar surface area (TPSA) is 37.8 Å². The van der Waals surface area contributed by atoms with Gasteiger partial charge in [-0.1, -0.05) is 0 Å². The van der Waals surface area contributed by atoms with Crippen LogP contribution in [0.3, 0.4) is 0 Å². The molecule has 2 rings (SSSR count). The largest absolute Gasteiger partial charge is 0.331 e. The van der Waals surface area contributed by atoms with Gasteiger partial charge in [0, 0.05) is 23.7 Å². The summed E-state index contributed by atoms with van der Waals surface area (Å²) in [5.74, 6) is 0. The maximum atomic E-state index is 11.2. The Balaban J connectivity index is 2.86. The second-order valence-electron chi connectivity index (χ2n) is 3.90. The molecule has 0 spiro atoms. The summed E-state index contributed by atoms with van der Waals surface area (Å²) < 4.78 is 2.09. The first-order valence-electron chi connectivity index (χ1n) is 4.80. The molecule has 0 atom stereocenters. The molecule has 0 saturated carbocycles. The molecule has 0 aromatic carbocycles. The van der Waals surface area contributed by atoms with Crippen molar-refractivity contribution < 1.29 is 0 Å². The summed E-state index contributed by atoms with van der Waals surface area (Å²) >= 11 is 0. The third-order valence-corrected chi connectivity index (χ3v) is 2.47. The molecular formula is C11H14N2O.